The maximum atomic E-state index is 4.65. The van der Waals surface area contributed by atoms with Crippen LogP contribution in [0, 0.1) is 0 Å². The van der Waals surface area contributed by atoms with E-state index >= 15 is 0 Å². The summed E-state index contributed by atoms with van der Waals surface area (Å²) in [5, 5.41) is 15.4. The van der Waals surface area contributed by atoms with Crippen LogP contribution in [0.1, 0.15) is 0 Å². The molecule has 11 rings (SSSR count). The number of fused-ring (bicyclic) bond motifs is 15. The lowest BCUT2D eigenvalue weighted by Crippen LogP contribution is -1.94. The van der Waals surface area contributed by atoms with Gasteiger partial charge >= 0.3 is 0 Å². The molecule has 3 nitrogen and oxygen atoms in total. The van der Waals surface area contributed by atoms with E-state index in [1.807, 2.05) is 23.7 Å². The molecule has 0 N–H and O–H groups in total. The third kappa shape index (κ3) is 3.32. The van der Waals surface area contributed by atoms with Crippen molar-refractivity contribution in [3.05, 3.63) is 152 Å². The van der Waals surface area contributed by atoms with E-state index in [2.05, 4.69) is 154 Å². The normalized spacial score (nSPS) is 12.3. The Morgan fingerprint density at radius 3 is 1.79 bits per heavy atom. The quantitative estimate of drug-likeness (QED) is 0.177. The lowest BCUT2D eigenvalue weighted by Gasteiger charge is -2.13. The third-order valence-electron chi connectivity index (χ3n) is 9.99. The van der Waals surface area contributed by atoms with Crippen LogP contribution in [0.25, 0.3) is 96.7 Å². The van der Waals surface area contributed by atoms with Crippen LogP contribution in [0.15, 0.2) is 152 Å². The highest BCUT2D eigenvalue weighted by molar-refractivity contribution is 7.25. The second kappa shape index (κ2) is 9.29. The van der Waals surface area contributed by atoms with Crippen LogP contribution < -0.4 is 0 Å². The number of thiophene rings is 1. The van der Waals surface area contributed by atoms with Crippen molar-refractivity contribution < 1.29 is 0 Å². The smallest absolute Gasteiger partial charge is 0.111 e. The zero-order chi connectivity index (χ0) is 30.6. The standard InChI is InChI=1S/C43H25N3S/c1-2-11-27(12-3-1)45-37-21-18-26-10-4-5-13-29(26)39(37)41-40-35-22-23-44-25-38(35)46(42(40)47-43(41)45)28-19-20-34-32-16-7-6-14-30(32)31-15-8-9-17-33(31)36(34)24-28/h1-25H. The van der Waals surface area contributed by atoms with E-state index in [1.54, 1.807) is 0 Å². The number of hydrogen-bond donors (Lipinski definition) is 0. The van der Waals surface area contributed by atoms with Gasteiger partial charge in [0.05, 0.1) is 17.2 Å². The Bertz CT molecular complexity index is 3030. The van der Waals surface area contributed by atoms with Gasteiger partial charge in [-0.1, -0.05) is 114 Å². The van der Waals surface area contributed by atoms with E-state index in [-0.39, 0.29) is 0 Å². The van der Waals surface area contributed by atoms with Gasteiger partial charge in [-0.3, -0.25) is 9.55 Å². The molecule has 7 aromatic carbocycles. The average Bonchev–Trinajstić information content (AvgIpc) is 3.77. The molecule has 11 aromatic rings. The van der Waals surface area contributed by atoms with E-state index < -0.39 is 0 Å². The molecule has 47 heavy (non-hydrogen) atoms. The molecule has 0 amide bonds. The molecular formula is C43H25N3S. The lowest BCUT2D eigenvalue weighted by molar-refractivity contribution is 1.18. The minimum atomic E-state index is 1.13. The van der Waals surface area contributed by atoms with E-state index in [4.69, 9.17) is 0 Å². The fraction of sp³-hybridized carbons (Fsp3) is 0. The van der Waals surface area contributed by atoms with E-state index in [1.165, 1.54) is 85.5 Å². The summed E-state index contributed by atoms with van der Waals surface area (Å²) in [6.45, 7) is 0. The van der Waals surface area contributed by atoms with Crippen molar-refractivity contribution in [2.75, 3.05) is 0 Å². The van der Waals surface area contributed by atoms with Gasteiger partial charge in [0.1, 0.15) is 9.66 Å². The SMILES string of the molecule is c1ccc(-n2c3ccc4ccccc4c3c3c4c5ccncc5n(-c5ccc6c7ccccc7c7ccccc7c6c5)c4sc32)cc1. The first kappa shape index (κ1) is 25.2. The topological polar surface area (TPSA) is 22.8 Å². The molecule has 0 spiro atoms. The van der Waals surface area contributed by atoms with Gasteiger partial charge in [-0.05, 0) is 79.5 Å². The molecule has 0 bridgehead atoms. The summed E-state index contributed by atoms with van der Waals surface area (Å²) in [5.74, 6) is 0. The number of aromatic nitrogens is 3. The number of pyridine rings is 1. The molecule has 0 saturated carbocycles. The van der Waals surface area contributed by atoms with Crippen molar-refractivity contribution in [2.24, 2.45) is 0 Å². The van der Waals surface area contributed by atoms with Crippen molar-refractivity contribution in [3.63, 3.8) is 0 Å². The Kier molecular flexibility index (Phi) is 4.99. The second-order valence-corrected chi connectivity index (χ2v) is 13.3. The minimum absolute atomic E-state index is 1.13. The molecule has 0 aliphatic rings. The van der Waals surface area contributed by atoms with E-state index in [9.17, 15) is 0 Å². The highest BCUT2D eigenvalue weighted by atomic mass is 32.1. The molecule has 218 valence electrons. The van der Waals surface area contributed by atoms with Crippen LogP contribution in [0.3, 0.4) is 0 Å². The molecular weight excluding hydrogens is 591 g/mol. The predicted molar refractivity (Wildman–Crippen MR) is 201 cm³/mol. The van der Waals surface area contributed by atoms with E-state index in [0.717, 1.165) is 11.2 Å². The number of nitrogens with zero attached hydrogens (tertiary/aromatic N) is 3. The first-order valence-corrected chi connectivity index (χ1v) is 16.8. The Hall–Kier alpha value is -5.97. The van der Waals surface area contributed by atoms with Gasteiger partial charge < -0.3 is 4.57 Å². The van der Waals surface area contributed by atoms with Gasteiger partial charge in [-0.25, -0.2) is 0 Å². The zero-order valence-electron chi connectivity index (χ0n) is 25.2. The van der Waals surface area contributed by atoms with Crippen molar-refractivity contribution in [2.45, 2.75) is 0 Å². The van der Waals surface area contributed by atoms with Gasteiger partial charge in [0.2, 0.25) is 0 Å². The summed E-state index contributed by atoms with van der Waals surface area (Å²) in [6, 6.07) is 50.9. The highest BCUT2D eigenvalue weighted by Crippen LogP contribution is 2.49. The summed E-state index contributed by atoms with van der Waals surface area (Å²) in [5.41, 5.74) is 4.68. The number of rotatable bonds is 2. The largest absolute Gasteiger partial charge is 0.301 e. The van der Waals surface area contributed by atoms with Crippen molar-refractivity contribution in [3.8, 4) is 11.4 Å². The summed E-state index contributed by atoms with van der Waals surface area (Å²) < 4.78 is 4.90. The van der Waals surface area contributed by atoms with Crippen LogP contribution in [0.5, 0.6) is 0 Å². The number of benzene rings is 7. The molecule has 0 fully saturated rings. The number of hydrogen-bond acceptors (Lipinski definition) is 2. The molecule has 0 saturated heterocycles. The molecule has 0 aliphatic carbocycles. The summed E-state index contributed by atoms with van der Waals surface area (Å²) in [7, 11) is 0. The van der Waals surface area contributed by atoms with Crippen LogP contribution in [0.2, 0.25) is 0 Å². The Morgan fingerprint density at radius 2 is 1.02 bits per heavy atom. The maximum absolute atomic E-state index is 4.65. The van der Waals surface area contributed by atoms with Crippen LogP contribution in [-0.2, 0) is 0 Å². The van der Waals surface area contributed by atoms with E-state index in [0.29, 0.717) is 0 Å². The van der Waals surface area contributed by atoms with Crippen LogP contribution >= 0.6 is 11.3 Å². The first-order valence-electron chi connectivity index (χ1n) is 16.0. The molecule has 4 heteroatoms. The lowest BCUT2D eigenvalue weighted by atomic mass is 9.94. The van der Waals surface area contributed by atoms with Crippen molar-refractivity contribution >= 4 is 96.7 Å². The molecule has 0 unspecified atom stereocenters. The Balaban J connectivity index is 1.32. The highest BCUT2D eigenvalue weighted by Gasteiger charge is 2.25. The molecule has 4 heterocycles. The second-order valence-electron chi connectivity index (χ2n) is 12.4. The summed E-state index contributed by atoms with van der Waals surface area (Å²) in [4.78, 5) is 7.15. The zero-order valence-corrected chi connectivity index (χ0v) is 26.0. The molecule has 0 atom stereocenters. The first-order chi connectivity index (χ1) is 23.3. The monoisotopic (exact) mass is 615 g/mol. The Labute approximate surface area is 273 Å². The minimum Gasteiger partial charge on any atom is -0.301 e. The van der Waals surface area contributed by atoms with Gasteiger partial charge in [0.15, 0.2) is 0 Å². The van der Waals surface area contributed by atoms with Crippen LogP contribution in [-0.4, -0.2) is 14.1 Å². The van der Waals surface area contributed by atoms with Gasteiger partial charge in [-0.2, -0.15) is 0 Å². The average molecular weight is 616 g/mol. The van der Waals surface area contributed by atoms with Gasteiger partial charge in [0, 0.05) is 39.1 Å². The maximum Gasteiger partial charge on any atom is 0.111 e. The molecule has 0 radical (unpaired) electrons. The van der Waals surface area contributed by atoms with Crippen molar-refractivity contribution in [1.82, 2.24) is 14.1 Å². The molecule has 0 aliphatic heterocycles. The molecule has 4 aromatic heterocycles. The fourth-order valence-corrected chi connectivity index (χ4v) is 9.43. The fourth-order valence-electron chi connectivity index (χ4n) is 8.03. The number of para-hydroxylation sites is 1. The third-order valence-corrected chi connectivity index (χ3v) is 11.1. The summed E-state index contributed by atoms with van der Waals surface area (Å²) >= 11 is 1.87. The predicted octanol–water partition coefficient (Wildman–Crippen LogP) is 12.0. The van der Waals surface area contributed by atoms with Gasteiger partial charge in [-0.15, -0.1) is 0 Å². The van der Waals surface area contributed by atoms with Gasteiger partial charge in [0.25, 0.3) is 0 Å². The van der Waals surface area contributed by atoms with Crippen LogP contribution in [0.4, 0.5) is 0 Å². The Morgan fingerprint density at radius 1 is 0.404 bits per heavy atom. The summed E-state index contributed by atoms with van der Waals surface area (Å²) in [6.07, 6.45) is 3.97. The van der Waals surface area contributed by atoms with Crippen molar-refractivity contribution in [1.29, 1.82) is 0 Å².